The fraction of sp³-hybridized carbons (Fsp3) is 0.345. The Hall–Kier alpha value is -3.91. The van der Waals surface area contributed by atoms with Gasteiger partial charge in [0.1, 0.15) is 0 Å². The molecule has 2 aliphatic heterocycles. The lowest BCUT2D eigenvalue weighted by atomic mass is 9.82. The molecular formula is C29H30O8. The number of ether oxygens (including phenoxy) is 7. The summed E-state index contributed by atoms with van der Waals surface area (Å²) in [6.07, 6.45) is 0.00910. The first-order valence-electron chi connectivity index (χ1n) is 12.1. The van der Waals surface area contributed by atoms with E-state index in [1.807, 2.05) is 60.7 Å². The Morgan fingerprint density at radius 1 is 0.838 bits per heavy atom. The average molecular weight is 507 g/mol. The molecule has 3 aromatic carbocycles. The number of rotatable bonds is 10. The molecule has 8 nitrogen and oxygen atoms in total. The zero-order valence-corrected chi connectivity index (χ0v) is 21.1. The maximum absolute atomic E-state index is 13.0. The first-order valence-corrected chi connectivity index (χ1v) is 12.1. The predicted molar refractivity (Wildman–Crippen MR) is 134 cm³/mol. The van der Waals surface area contributed by atoms with Crippen molar-refractivity contribution in [3.05, 3.63) is 77.4 Å². The first kappa shape index (κ1) is 24.8. The number of esters is 1. The highest BCUT2D eigenvalue weighted by molar-refractivity contribution is 5.75. The Morgan fingerprint density at radius 2 is 1.57 bits per heavy atom. The van der Waals surface area contributed by atoms with Crippen LogP contribution in [0.1, 0.15) is 22.8 Å². The summed E-state index contributed by atoms with van der Waals surface area (Å²) in [6, 6.07) is 19.4. The van der Waals surface area contributed by atoms with Gasteiger partial charge in [-0.05, 0) is 47.4 Å². The molecule has 8 heteroatoms. The summed E-state index contributed by atoms with van der Waals surface area (Å²) in [5.74, 6) is 2.00. The third-order valence-corrected chi connectivity index (χ3v) is 6.81. The quantitative estimate of drug-likeness (QED) is 0.365. The number of hydrogen-bond donors (Lipinski definition) is 0. The van der Waals surface area contributed by atoms with Crippen LogP contribution in [0.4, 0.5) is 0 Å². The molecule has 2 aliphatic rings. The van der Waals surface area contributed by atoms with Crippen LogP contribution in [0, 0.1) is 11.8 Å². The van der Waals surface area contributed by atoms with Crippen molar-refractivity contribution in [2.45, 2.75) is 19.1 Å². The summed E-state index contributed by atoms with van der Waals surface area (Å²) < 4.78 is 39.8. The van der Waals surface area contributed by atoms with Gasteiger partial charge in [0.25, 0.3) is 0 Å². The SMILES string of the molecule is COc1cc([C@H](OCc2ccccc2)[C@@H]2COC(=O)C2Cc2ccc3c(c2)OCO3)cc(OC)c1OC. The van der Waals surface area contributed by atoms with Crippen molar-refractivity contribution in [3.8, 4) is 28.7 Å². The van der Waals surface area contributed by atoms with Crippen LogP contribution < -0.4 is 23.7 Å². The van der Waals surface area contributed by atoms with Crippen molar-refractivity contribution in [3.63, 3.8) is 0 Å². The molecule has 0 N–H and O–H groups in total. The van der Waals surface area contributed by atoms with E-state index < -0.39 is 12.0 Å². The van der Waals surface area contributed by atoms with Gasteiger partial charge in [-0.2, -0.15) is 0 Å². The molecule has 0 radical (unpaired) electrons. The number of benzene rings is 3. The van der Waals surface area contributed by atoms with Gasteiger partial charge >= 0.3 is 5.97 Å². The largest absolute Gasteiger partial charge is 0.493 e. The van der Waals surface area contributed by atoms with E-state index in [2.05, 4.69) is 0 Å². The van der Waals surface area contributed by atoms with Gasteiger partial charge in [0, 0.05) is 5.92 Å². The van der Waals surface area contributed by atoms with Crippen LogP contribution in [0.15, 0.2) is 60.7 Å². The topological polar surface area (TPSA) is 81.7 Å². The highest BCUT2D eigenvalue weighted by Gasteiger charge is 2.43. The second-order valence-electron chi connectivity index (χ2n) is 8.97. The van der Waals surface area contributed by atoms with Gasteiger partial charge in [-0.15, -0.1) is 0 Å². The van der Waals surface area contributed by atoms with Crippen LogP contribution in [0.2, 0.25) is 0 Å². The van der Waals surface area contributed by atoms with Crippen LogP contribution in [0.3, 0.4) is 0 Å². The lowest BCUT2D eigenvalue weighted by Crippen LogP contribution is -2.26. The van der Waals surface area contributed by atoms with E-state index >= 15 is 0 Å². The molecule has 0 aromatic heterocycles. The maximum Gasteiger partial charge on any atom is 0.309 e. The lowest BCUT2D eigenvalue weighted by Gasteiger charge is -2.28. The smallest absolute Gasteiger partial charge is 0.309 e. The molecule has 37 heavy (non-hydrogen) atoms. The van der Waals surface area contributed by atoms with Crippen LogP contribution in [0.5, 0.6) is 28.7 Å². The van der Waals surface area contributed by atoms with Crippen LogP contribution in [0.25, 0.3) is 0 Å². The molecular weight excluding hydrogens is 476 g/mol. The molecule has 3 atom stereocenters. The molecule has 0 saturated carbocycles. The minimum absolute atomic E-state index is 0.198. The molecule has 2 heterocycles. The molecule has 0 amide bonds. The van der Waals surface area contributed by atoms with Gasteiger partial charge in [-0.3, -0.25) is 4.79 Å². The highest BCUT2D eigenvalue weighted by atomic mass is 16.7. The average Bonchev–Trinajstić information content (AvgIpc) is 3.55. The molecule has 194 valence electrons. The van der Waals surface area contributed by atoms with Crippen molar-refractivity contribution >= 4 is 5.97 Å². The standard InChI is InChI=1S/C29H30O8/c1-31-25-13-20(14-26(32-2)28(25)33-3)27(34-15-18-7-5-4-6-8-18)22-16-35-29(30)21(22)11-19-9-10-23-24(12-19)37-17-36-23/h4-10,12-14,21-22,27H,11,15-17H2,1-3H3/t21?,22-,27+/m1/s1. The number of carbonyl (C=O) groups is 1. The van der Waals surface area contributed by atoms with Crippen molar-refractivity contribution < 1.29 is 38.0 Å². The van der Waals surface area contributed by atoms with E-state index in [9.17, 15) is 4.79 Å². The van der Waals surface area contributed by atoms with Crippen LogP contribution in [-0.2, 0) is 27.3 Å². The minimum atomic E-state index is -0.473. The fourth-order valence-electron chi connectivity index (χ4n) is 4.92. The van der Waals surface area contributed by atoms with Crippen LogP contribution in [-0.4, -0.2) is 40.7 Å². The van der Waals surface area contributed by atoms with E-state index in [4.69, 9.17) is 33.2 Å². The number of fused-ring (bicyclic) bond motifs is 1. The van der Waals surface area contributed by atoms with Crippen molar-refractivity contribution in [2.75, 3.05) is 34.7 Å². The molecule has 0 aliphatic carbocycles. The van der Waals surface area contributed by atoms with E-state index in [-0.39, 0.29) is 25.3 Å². The molecule has 3 aromatic rings. The van der Waals surface area contributed by atoms with E-state index in [1.165, 1.54) is 0 Å². The van der Waals surface area contributed by atoms with Gasteiger partial charge in [-0.25, -0.2) is 0 Å². The second kappa shape index (κ2) is 11.0. The Morgan fingerprint density at radius 3 is 2.27 bits per heavy atom. The summed E-state index contributed by atoms with van der Waals surface area (Å²) >= 11 is 0. The molecule has 0 bridgehead atoms. The molecule has 1 saturated heterocycles. The van der Waals surface area contributed by atoms with E-state index in [0.717, 1.165) is 16.7 Å². The summed E-state index contributed by atoms with van der Waals surface area (Å²) in [7, 11) is 4.71. The lowest BCUT2D eigenvalue weighted by molar-refractivity contribution is -0.141. The van der Waals surface area contributed by atoms with Gasteiger partial charge in [0.2, 0.25) is 12.5 Å². The third-order valence-electron chi connectivity index (χ3n) is 6.81. The van der Waals surface area contributed by atoms with Crippen molar-refractivity contribution in [2.24, 2.45) is 11.8 Å². The third kappa shape index (κ3) is 5.15. The molecule has 5 rings (SSSR count). The summed E-state index contributed by atoms with van der Waals surface area (Å²) in [4.78, 5) is 13.0. The maximum atomic E-state index is 13.0. The van der Waals surface area contributed by atoms with Gasteiger partial charge in [0.15, 0.2) is 23.0 Å². The predicted octanol–water partition coefficient (Wildman–Crippen LogP) is 4.73. The van der Waals surface area contributed by atoms with Crippen molar-refractivity contribution in [1.29, 1.82) is 0 Å². The summed E-state index contributed by atoms with van der Waals surface area (Å²) in [5.41, 5.74) is 2.80. The zero-order valence-electron chi connectivity index (χ0n) is 21.1. The van der Waals surface area contributed by atoms with Crippen LogP contribution >= 0.6 is 0 Å². The van der Waals surface area contributed by atoms with Crippen molar-refractivity contribution in [1.82, 2.24) is 0 Å². The number of methoxy groups -OCH3 is 3. The highest BCUT2D eigenvalue weighted by Crippen LogP contribution is 2.45. The Balaban J connectivity index is 1.49. The van der Waals surface area contributed by atoms with Gasteiger partial charge in [-0.1, -0.05) is 36.4 Å². The monoisotopic (exact) mass is 506 g/mol. The summed E-state index contributed by atoms with van der Waals surface area (Å²) in [5, 5.41) is 0. The Bertz CT molecular complexity index is 1220. The molecule has 1 fully saturated rings. The number of cyclic esters (lactones) is 1. The van der Waals surface area contributed by atoms with Gasteiger partial charge < -0.3 is 33.2 Å². The zero-order chi connectivity index (χ0) is 25.8. The first-order chi connectivity index (χ1) is 18.1. The molecule has 0 spiro atoms. The molecule has 1 unspecified atom stereocenters. The Labute approximate surface area is 216 Å². The van der Waals surface area contributed by atoms with E-state index in [0.29, 0.717) is 41.8 Å². The van der Waals surface area contributed by atoms with E-state index in [1.54, 1.807) is 21.3 Å². The Kier molecular flexibility index (Phi) is 7.37. The number of carbonyl (C=O) groups excluding carboxylic acids is 1. The normalized spacial score (nSPS) is 18.8. The minimum Gasteiger partial charge on any atom is -0.493 e. The van der Waals surface area contributed by atoms with Gasteiger partial charge in [0.05, 0.1) is 46.6 Å². The second-order valence-corrected chi connectivity index (χ2v) is 8.97. The fourth-order valence-corrected chi connectivity index (χ4v) is 4.92. The number of hydrogen-bond acceptors (Lipinski definition) is 8. The summed E-state index contributed by atoms with van der Waals surface area (Å²) in [6.45, 7) is 0.803.